The predicted molar refractivity (Wildman–Crippen MR) is 86.2 cm³/mol. The van der Waals surface area contributed by atoms with Gasteiger partial charge >= 0.3 is 6.36 Å². The molecule has 1 aromatic carbocycles. The summed E-state index contributed by atoms with van der Waals surface area (Å²) in [5, 5.41) is 2.47. The summed E-state index contributed by atoms with van der Waals surface area (Å²) < 4.78 is 40.2. The zero-order chi connectivity index (χ0) is 19.3. The summed E-state index contributed by atoms with van der Waals surface area (Å²) >= 11 is 0. The van der Waals surface area contributed by atoms with Gasteiger partial charge in [0.25, 0.3) is 0 Å². The Balaban J connectivity index is 1.37. The van der Waals surface area contributed by atoms with Crippen LogP contribution in [-0.4, -0.2) is 35.5 Å². The van der Waals surface area contributed by atoms with Crippen molar-refractivity contribution in [2.45, 2.75) is 12.8 Å². The van der Waals surface area contributed by atoms with E-state index < -0.39 is 24.6 Å². The molecule has 6 nitrogen and oxygen atoms in total. The van der Waals surface area contributed by atoms with Crippen LogP contribution in [0.15, 0.2) is 36.4 Å². The number of carbonyl (C=O) groups excluding carboxylic acids is 3. The molecular formula is C18H15F3N2O4. The van der Waals surface area contributed by atoms with E-state index in [0.717, 1.165) is 23.5 Å². The summed E-state index contributed by atoms with van der Waals surface area (Å²) in [7, 11) is 0. The first-order chi connectivity index (χ1) is 12.7. The highest BCUT2D eigenvalue weighted by atomic mass is 19.4. The van der Waals surface area contributed by atoms with E-state index in [1.807, 2.05) is 12.2 Å². The lowest BCUT2D eigenvalue weighted by Gasteiger charge is -2.17. The molecule has 1 saturated carbocycles. The summed E-state index contributed by atoms with van der Waals surface area (Å²) in [6, 6.07) is 4.60. The lowest BCUT2D eigenvalue weighted by atomic mass is 9.85. The number of allylic oxidation sites excluding steroid dienone is 2. The number of carbonyl (C=O) groups is 3. The molecule has 1 saturated heterocycles. The molecule has 0 radical (unpaired) electrons. The van der Waals surface area contributed by atoms with Gasteiger partial charge in [-0.1, -0.05) is 12.2 Å². The third kappa shape index (κ3) is 3.17. The Morgan fingerprint density at radius 2 is 1.63 bits per heavy atom. The monoisotopic (exact) mass is 380 g/mol. The highest BCUT2D eigenvalue weighted by Crippen LogP contribution is 2.52. The predicted octanol–water partition coefficient (Wildman–Crippen LogP) is 2.33. The third-order valence-corrected chi connectivity index (χ3v) is 5.24. The summed E-state index contributed by atoms with van der Waals surface area (Å²) in [5.41, 5.74) is 0.232. The summed E-state index contributed by atoms with van der Waals surface area (Å²) in [6.07, 6.45) is -0.0664. The third-order valence-electron chi connectivity index (χ3n) is 5.24. The van der Waals surface area contributed by atoms with E-state index in [9.17, 15) is 27.6 Å². The highest BCUT2D eigenvalue weighted by Gasteiger charge is 2.59. The molecule has 1 aliphatic heterocycles. The molecule has 1 aromatic rings. The Labute approximate surface area is 152 Å². The van der Waals surface area contributed by atoms with Crippen molar-refractivity contribution in [1.29, 1.82) is 0 Å². The van der Waals surface area contributed by atoms with Crippen LogP contribution < -0.4 is 10.1 Å². The molecule has 3 aliphatic rings. The topological polar surface area (TPSA) is 75.7 Å². The van der Waals surface area contributed by atoms with Crippen LogP contribution in [0.5, 0.6) is 5.75 Å². The quantitative estimate of drug-likeness (QED) is 0.643. The first-order valence-electron chi connectivity index (χ1n) is 8.42. The van der Waals surface area contributed by atoms with Crippen molar-refractivity contribution in [2.75, 3.05) is 11.9 Å². The number of anilines is 1. The molecule has 27 heavy (non-hydrogen) atoms. The summed E-state index contributed by atoms with van der Waals surface area (Å²) in [5.74, 6) is -2.30. The number of halogens is 3. The number of nitrogens with one attached hydrogen (secondary N) is 1. The van der Waals surface area contributed by atoms with Gasteiger partial charge in [-0.15, -0.1) is 13.2 Å². The number of benzene rings is 1. The summed E-state index contributed by atoms with van der Waals surface area (Å²) in [6.45, 7) is -0.412. The number of hydrogen-bond donors (Lipinski definition) is 1. The maximum absolute atomic E-state index is 12.5. The Morgan fingerprint density at radius 3 is 2.15 bits per heavy atom. The van der Waals surface area contributed by atoms with Crippen molar-refractivity contribution in [3.05, 3.63) is 36.4 Å². The number of imide groups is 1. The van der Waals surface area contributed by atoms with E-state index in [4.69, 9.17) is 0 Å². The van der Waals surface area contributed by atoms with Gasteiger partial charge in [0.05, 0.1) is 11.8 Å². The standard InChI is InChI=1S/C18H15F3N2O4/c19-18(20,21)27-12-5-3-11(4-6-12)22-13(24)8-23-16(25)14-9-1-2-10(7-9)15(14)17(23)26/h1-6,9-10,14-15H,7-8H2,(H,22,24)/t9-,10-,14-,15+/m0/s1. The van der Waals surface area contributed by atoms with Gasteiger partial charge < -0.3 is 10.1 Å². The average molecular weight is 380 g/mol. The molecule has 0 spiro atoms. The van der Waals surface area contributed by atoms with Crippen molar-refractivity contribution in [3.63, 3.8) is 0 Å². The number of fused-ring (bicyclic) bond motifs is 5. The maximum atomic E-state index is 12.5. The van der Waals surface area contributed by atoms with E-state index in [2.05, 4.69) is 10.1 Å². The van der Waals surface area contributed by atoms with E-state index in [0.29, 0.717) is 0 Å². The Bertz CT molecular complexity index is 804. The molecule has 4 atom stereocenters. The molecule has 2 bridgehead atoms. The van der Waals surface area contributed by atoms with Crippen LogP contribution in [0, 0.1) is 23.7 Å². The minimum absolute atomic E-state index is 0.0608. The van der Waals surface area contributed by atoms with E-state index in [1.54, 1.807) is 0 Å². The van der Waals surface area contributed by atoms with Crippen LogP contribution in [0.4, 0.5) is 18.9 Å². The number of rotatable bonds is 4. The molecule has 4 rings (SSSR count). The highest BCUT2D eigenvalue weighted by molar-refractivity contribution is 6.09. The Hall–Kier alpha value is -2.84. The minimum Gasteiger partial charge on any atom is -0.406 e. The molecule has 2 fully saturated rings. The number of hydrogen-bond acceptors (Lipinski definition) is 4. The van der Waals surface area contributed by atoms with E-state index in [-0.39, 0.29) is 41.2 Å². The smallest absolute Gasteiger partial charge is 0.406 e. The fourth-order valence-corrected chi connectivity index (χ4v) is 4.20. The van der Waals surface area contributed by atoms with Gasteiger partial charge in [-0.3, -0.25) is 19.3 Å². The zero-order valence-corrected chi connectivity index (χ0v) is 13.9. The minimum atomic E-state index is -4.80. The van der Waals surface area contributed by atoms with Crippen molar-refractivity contribution in [1.82, 2.24) is 4.90 Å². The van der Waals surface area contributed by atoms with Crippen molar-refractivity contribution in [3.8, 4) is 5.75 Å². The normalized spacial score (nSPS) is 28.6. The lowest BCUT2D eigenvalue weighted by molar-refractivity contribution is -0.274. The van der Waals surface area contributed by atoms with Crippen LogP contribution in [0.25, 0.3) is 0 Å². The molecule has 0 unspecified atom stereocenters. The van der Waals surface area contributed by atoms with Crippen LogP contribution in [0.1, 0.15) is 6.42 Å². The van der Waals surface area contributed by atoms with Gasteiger partial charge in [0.15, 0.2) is 0 Å². The number of alkyl halides is 3. The van der Waals surface area contributed by atoms with Crippen LogP contribution in [-0.2, 0) is 14.4 Å². The van der Waals surface area contributed by atoms with Gasteiger partial charge in [-0.2, -0.15) is 0 Å². The second kappa shape index (κ2) is 6.11. The van der Waals surface area contributed by atoms with Crippen LogP contribution in [0.2, 0.25) is 0 Å². The summed E-state index contributed by atoms with van der Waals surface area (Å²) in [4.78, 5) is 38.2. The van der Waals surface area contributed by atoms with Gasteiger partial charge in [0.2, 0.25) is 17.7 Å². The molecule has 3 amide bonds. The van der Waals surface area contributed by atoms with Gasteiger partial charge in [-0.05, 0) is 42.5 Å². The zero-order valence-electron chi connectivity index (χ0n) is 13.9. The van der Waals surface area contributed by atoms with Gasteiger partial charge in [-0.25, -0.2) is 0 Å². The molecule has 1 N–H and O–H groups in total. The number of likely N-dealkylation sites (tertiary alicyclic amines) is 1. The van der Waals surface area contributed by atoms with E-state index >= 15 is 0 Å². The first-order valence-corrected chi connectivity index (χ1v) is 8.42. The average Bonchev–Trinajstić information content (AvgIpc) is 3.25. The molecule has 1 heterocycles. The number of nitrogens with zero attached hydrogens (tertiary/aromatic N) is 1. The largest absolute Gasteiger partial charge is 0.573 e. The first kappa shape index (κ1) is 17.6. The Kier molecular flexibility index (Phi) is 3.97. The van der Waals surface area contributed by atoms with Crippen molar-refractivity contribution < 1.29 is 32.3 Å². The second-order valence-corrected chi connectivity index (χ2v) is 6.88. The Morgan fingerprint density at radius 1 is 1.07 bits per heavy atom. The number of ether oxygens (including phenoxy) is 1. The molecule has 0 aromatic heterocycles. The van der Waals surface area contributed by atoms with Gasteiger partial charge in [0.1, 0.15) is 12.3 Å². The number of amides is 3. The molecule has 2 aliphatic carbocycles. The fraction of sp³-hybridized carbons (Fsp3) is 0.389. The maximum Gasteiger partial charge on any atom is 0.573 e. The lowest BCUT2D eigenvalue weighted by Crippen LogP contribution is -2.39. The molecule has 9 heteroatoms. The fourth-order valence-electron chi connectivity index (χ4n) is 4.20. The second-order valence-electron chi connectivity index (χ2n) is 6.88. The van der Waals surface area contributed by atoms with Crippen molar-refractivity contribution >= 4 is 23.4 Å². The van der Waals surface area contributed by atoms with Crippen LogP contribution in [0.3, 0.4) is 0 Å². The van der Waals surface area contributed by atoms with Crippen LogP contribution >= 0.6 is 0 Å². The van der Waals surface area contributed by atoms with E-state index in [1.165, 1.54) is 12.1 Å². The van der Waals surface area contributed by atoms with Gasteiger partial charge in [0, 0.05) is 5.69 Å². The molecule has 142 valence electrons. The SMILES string of the molecule is O=C(CN1C(=O)[C@@H]2[C@H](C1=O)[C@H]1C=C[C@H]2C1)Nc1ccc(OC(F)(F)F)cc1. The van der Waals surface area contributed by atoms with Crippen molar-refractivity contribution in [2.24, 2.45) is 23.7 Å². The molecular weight excluding hydrogens is 365 g/mol.